The van der Waals surface area contributed by atoms with E-state index in [1.807, 2.05) is 24.3 Å². The van der Waals surface area contributed by atoms with Gasteiger partial charge >= 0.3 is 0 Å². The van der Waals surface area contributed by atoms with Gasteiger partial charge in [-0.15, -0.1) is 11.8 Å². The summed E-state index contributed by atoms with van der Waals surface area (Å²) in [6.07, 6.45) is 3.90. The zero-order valence-corrected chi connectivity index (χ0v) is 12.4. The Labute approximate surface area is 102 Å². The lowest BCUT2D eigenvalue weighted by Crippen LogP contribution is -2.33. The Kier molecular flexibility index (Phi) is 2.78. The van der Waals surface area contributed by atoms with E-state index in [4.69, 9.17) is 4.99 Å². The first-order valence-electron chi connectivity index (χ1n) is 5.55. The van der Waals surface area contributed by atoms with Crippen LogP contribution in [-0.2, 0) is 0 Å². The number of rotatable bonds is 2. The number of thioether (sulfide) groups is 1. The summed E-state index contributed by atoms with van der Waals surface area (Å²) >= 11 is 1.85. The predicted octanol–water partition coefficient (Wildman–Crippen LogP) is 2.84. The van der Waals surface area contributed by atoms with Gasteiger partial charge in [-0.1, -0.05) is 19.6 Å². The Morgan fingerprint density at radius 1 is 1.38 bits per heavy atom. The molecule has 0 bridgehead atoms. The first-order chi connectivity index (χ1) is 7.30. The van der Waals surface area contributed by atoms with E-state index in [9.17, 15) is 0 Å². The molecule has 0 atom stereocenters. The standard InChI is InChI=1S/C11H19N3SSi/c1-11(2)7-15-10(13-11)9-6-12-8-14(9)16(3,4)5/h6,8H,7H2,1-5H3. The molecule has 2 rings (SSSR count). The third-order valence-corrected chi connectivity index (χ3v) is 5.77. The minimum atomic E-state index is -1.38. The highest BCUT2D eigenvalue weighted by molar-refractivity contribution is 8.14. The maximum Gasteiger partial charge on any atom is 0.154 e. The van der Waals surface area contributed by atoms with Crippen molar-refractivity contribution < 1.29 is 0 Å². The number of aliphatic imine (C=N–C) groups is 1. The van der Waals surface area contributed by atoms with E-state index >= 15 is 0 Å². The minimum absolute atomic E-state index is 0.0779. The second-order valence-electron chi connectivity index (χ2n) is 5.84. The third kappa shape index (κ3) is 2.25. The Hall–Kier alpha value is -0.553. The van der Waals surface area contributed by atoms with Gasteiger partial charge in [-0.2, -0.15) is 0 Å². The molecule has 0 saturated carbocycles. The summed E-state index contributed by atoms with van der Waals surface area (Å²) in [5.74, 6) is 1.07. The van der Waals surface area contributed by atoms with Gasteiger partial charge in [0.15, 0.2) is 8.24 Å². The van der Waals surface area contributed by atoms with Crippen LogP contribution in [-0.4, -0.2) is 33.8 Å². The largest absolute Gasteiger partial charge is 0.357 e. The molecule has 1 aromatic heterocycles. The molecule has 1 aliphatic heterocycles. The van der Waals surface area contributed by atoms with Crippen LogP contribution in [0.5, 0.6) is 0 Å². The SMILES string of the molecule is CC1(C)CSC(c2cncn2[Si](C)(C)C)=N1. The highest BCUT2D eigenvalue weighted by Crippen LogP contribution is 2.30. The second kappa shape index (κ2) is 3.73. The summed E-state index contributed by atoms with van der Waals surface area (Å²) < 4.78 is 2.33. The van der Waals surface area contributed by atoms with Crippen molar-refractivity contribution in [2.24, 2.45) is 4.99 Å². The van der Waals surface area contributed by atoms with Gasteiger partial charge in [0.05, 0.1) is 23.8 Å². The highest BCUT2D eigenvalue weighted by Gasteiger charge is 2.29. The van der Waals surface area contributed by atoms with Crippen LogP contribution in [0.15, 0.2) is 17.5 Å². The first-order valence-corrected chi connectivity index (χ1v) is 9.99. The van der Waals surface area contributed by atoms with E-state index in [-0.39, 0.29) is 5.54 Å². The molecule has 0 fully saturated rings. The fourth-order valence-electron chi connectivity index (χ4n) is 1.70. The van der Waals surface area contributed by atoms with Gasteiger partial charge in [0.2, 0.25) is 0 Å². The Balaban J connectivity index is 2.40. The average Bonchev–Trinajstić information content (AvgIpc) is 2.68. The predicted molar refractivity (Wildman–Crippen MR) is 74.0 cm³/mol. The lowest BCUT2D eigenvalue weighted by molar-refractivity contribution is 0.605. The number of nitrogens with zero attached hydrogens (tertiary/aromatic N) is 3. The molecular weight excluding hydrogens is 234 g/mol. The second-order valence-corrected chi connectivity index (χ2v) is 11.6. The fourth-order valence-corrected chi connectivity index (χ4v) is 4.25. The maximum absolute atomic E-state index is 4.78. The van der Waals surface area contributed by atoms with Gasteiger partial charge in [-0.05, 0) is 13.8 Å². The van der Waals surface area contributed by atoms with Crippen LogP contribution in [0.1, 0.15) is 19.5 Å². The van der Waals surface area contributed by atoms with Gasteiger partial charge in [0.1, 0.15) is 5.04 Å². The molecule has 88 valence electrons. The van der Waals surface area contributed by atoms with E-state index in [1.54, 1.807) is 0 Å². The smallest absolute Gasteiger partial charge is 0.154 e. The van der Waals surface area contributed by atoms with Crippen molar-refractivity contribution in [2.45, 2.75) is 39.0 Å². The van der Waals surface area contributed by atoms with Crippen LogP contribution in [0.4, 0.5) is 0 Å². The molecule has 1 aromatic rings. The molecule has 0 aromatic carbocycles. The molecule has 16 heavy (non-hydrogen) atoms. The lowest BCUT2D eigenvalue weighted by Gasteiger charge is -2.20. The fraction of sp³-hybridized carbons (Fsp3) is 0.636. The molecule has 3 nitrogen and oxygen atoms in total. The first kappa shape index (κ1) is 11.9. The van der Waals surface area contributed by atoms with Crippen molar-refractivity contribution in [3.8, 4) is 0 Å². The summed E-state index contributed by atoms with van der Waals surface area (Å²) in [4.78, 5) is 9.06. The molecule has 2 heterocycles. The molecule has 0 unspecified atom stereocenters. The van der Waals surface area contributed by atoms with Crippen molar-refractivity contribution in [3.63, 3.8) is 0 Å². The molecule has 0 saturated heterocycles. The average molecular weight is 253 g/mol. The normalized spacial score (nSPS) is 19.9. The van der Waals surface area contributed by atoms with E-state index in [1.165, 1.54) is 5.69 Å². The molecule has 0 N–H and O–H groups in total. The van der Waals surface area contributed by atoms with Crippen LogP contribution in [0.25, 0.3) is 0 Å². The van der Waals surface area contributed by atoms with E-state index in [2.05, 4.69) is 42.7 Å². The van der Waals surface area contributed by atoms with Crippen LogP contribution < -0.4 is 0 Å². The van der Waals surface area contributed by atoms with Crippen LogP contribution in [0.2, 0.25) is 19.6 Å². The Morgan fingerprint density at radius 3 is 2.56 bits per heavy atom. The Bertz CT molecular complexity index is 429. The zero-order valence-electron chi connectivity index (χ0n) is 10.6. The topological polar surface area (TPSA) is 30.2 Å². The molecule has 5 heteroatoms. The number of aromatic nitrogens is 2. The number of imidazole rings is 1. The maximum atomic E-state index is 4.78. The molecular formula is C11H19N3SSi. The van der Waals surface area contributed by atoms with Crippen molar-refractivity contribution in [1.82, 2.24) is 9.22 Å². The molecule has 0 spiro atoms. The molecule has 0 amide bonds. The van der Waals surface area contributed by atoms with Crippen molar-refractivity contribution in [2.75, 3.05) is 5.75 Å². The summed E-state index contributed by atoms with van der Waals surface area (Å²) in [6.45, 7) is 11.3. The van der Waals surface area contributed by atoms with E-state index in [0.717, 1.165) is 10.8 Å². The van der Waals surface area contributed by atoms with E-state index < -0.39 is 8.24 Å². The van der Waals surface area contributed by atoms with Crippen molar-refractivity contribution in [3.05, 3.63) is 18.2 Å². The van der Waals surface area contributed by atoms with Gasteiger partial charge in [-0.25, -0.2) is 4.98 Å². The quantitative estimate of drug-likeness (QED) is 0.759. The molecule has 0 aliphatic carbocycles. The van der Waals surface area contributed by atoms with Crippen LogP contribution >= 0.6 is 11.8 Å². The monoisotopic (exact) mass is 253 g/mol. The summed E-state index contributed by atoms with van der Waals surface area (Å²) in [5.41, 5.74) is 1.28. The molecule has 0 radical (unpaired) electrons. The van der Waals surface area contributed by atoms with Crippen molar-refractivity contribution >= 4 is 25.0 Å². The number of hydrogen-bond donors (Lipinski definition) is 0. The molecule has 1 aliphatic rings. The van der Waals surface area contributed by atoms with Gasteiger partial charge in [-0.3, -0.25) is 4.99 Å². The third-order valence-electron chi connectivity index (χ3n) is 2.55. The lowest BCUT2D eigenvalue weighted by atomic mass is 10.1. The minimum Gasteiger partial charge on any atom is -0.357 e. The summed E-state index contributed by atoms with van der Waals surface area (Å²) in [6, 6.07) is 0. The van der Waals surface area contributed by atoms with Crippen LogP contribution in [0.3, 0.4) is 0 Å². The van der Waals surface area contributed by atoms with Crippen molar-refractivity contribution in [1.29, 1.82) is 0 Å². The highest BCUT2D eigenvalue weighted by atomic mass is 32.2. The van der Waals surface area contributed by atoms with Crippen LogP contribution in [0, 0.1) is 0 Å². The summed E-state index contributed by atoms with van der Waals surface area (Å²) in [5, 5.41) is 1.16. The zero-order chi connectivity index (χ0) is 12.0. The number of hydrogen-bond acceptors (Lipinski definition) is 3. The summed E-state index contributed by atoms with van der Waals surface area (Å²) in [7, 11) is -1.38. The van der Waals surface area contributed by atoms with Gasteiger partial charge in [0.25, 0.3) is 0 Å². The van der Waals surface area contributed by atoms with Gasteiger partial charge in [0, 0.05) is 5.75 Å². The van der Waals surface area contributed by atoms with Gasteiger partial charge < -0.3 is 4.23 Å². The van der Waals surface area contributed by atoms with E-state index in [0.29, 0.717) is 0 Å². The Morgan fingerprint density at radius 2 is 2.06 bits per heavy atom.